The third kappa shape index (κ3) is 2.70. The SMILES string of the molecule is Cc1nc(C(C)(C)C)sc1-c1ccc(Cl)cc1. The highest BCUT2D eigenvalue weighted by molar-refractivity contribution is 7.15. The Morgan fingerprint density at radius 3 is 2.18 bits per heavy atom. The van der Waals surface area contributed by atoms with Crippen LogP contribution in [0.5, 0.6) is 0 Å². The maximum absolute atomic E-state index is 5.90. The van der Waals surface area contributed by atoms with Crippen molar-refractivity contribution in [3.05, 3.63) is 40.0 Å². The molecule has 17 heavy (non-hydrogen) atoms. The highest BCUT2D eigenvalue weighted by Gasteiger charge is 2.20. The van der Waals surface area contributed by atoms with E-state index in [9.17, 15) is 0 Å². The van der Waals surface area contributed by atoms with E-state index in [-0.39, 0.29) is 5.41 Å². The van der Waals surface area contributed by atoms with E-state index >= 15 is 0 Å². The van der Waals surface area contributed by atoms with Gasteiger partial charge in [0.05, 0.1) is 15.6 Å². The molecular weight excluding hydrogens is 250 g/mol. The van der Waals surface area contributed by atoms with Crippen LogP contribution in [0.3, 0.4) is 0 Å². The summed E-state index contributed by atoms with van der Waals surface area (Å²) in [4.78, 5) is 5.91. The van der Waals surface area contributed by atoms with E-state index < -0.39 is 0 Å². The lowest BCUT2D eigenvalue weighted by atomic mass is 9.98. The number of nitrogens with zero attached hydrogens (tertiary/aromatic N) is 1. The quantitative estimate of drug-likeness (QED) is 0.702. The van der Waals surface area contributed by atoms with Crippen molar-refractivity contribution in [3.63, 3.8) is 0 Å². The molecule has 1 nitrogen and oxygen atoms in total. The number of benzene rings is 1. The van der Waals surface area contributed by atoms with Crippen LogP contribution < -0.4 is 0 Å². The van der Waals surface area contributed by atoms with Crippen LogP contribution in [0.15, 0.2) is 24.3 Å². The predicted octanol–water partition coefficient (Wildman–Crippen LogP) is 5.07. The van der Waals surface area contributed by atoms with E-state index in [1.54, 1.807) is 11.3 Å². The summed E-state index contributed by atoms with van der Waals surface area (Å²) in [6, 6.07) is 7.95. The van der Waals surface area contributed by atoms with Gasteiger partial charge in [-0.25, -0.2) is 4.98 Å². The average molecular weight is 266 g/mol. The summed E-state index contributed by atoms with van der Waals surface area (Å²) >= 11 is 7.68. The number of aromatic nitrogens is 1. The molecule has 0 spiro atoms. The largest absolute Gasteiger partial charge is 0.245 e. The fourth-order valence-corrected chi connectivity index (χ4v) is 2.84. The second kappa shape index (κ2) is 4.43. The molecule has 0 saturated carbocycles. The number of halogens is 1. The van der Waals surface area contributed by atoms with Gasteiger partial charge in [-0.05, 0) is 24.6 Å². The first kappa shape index (κ1) is 12.6. The van der Waals surface area contributed by atoms with Crippen LogP contribution >= 0.6 is 22.9 Å². The molecule has 0 fully saturated rings. The summed E-state index contributed by atoms with van der Waals surface area (Å²) in [6.45, 7) is 8.64. The Morgan fingerprint density at radius 2 is 1.71 bits per heavy atom. The summed E-state index contributed by atoms with van der Waals surface area (Å²) in [7, 11) is 0. The molecule has 0 aliphatic rings. The minimum atomic E-state index is 0.111. The van der Waals surface area contributed by atoms with Crippen molar-refractivity contribution in [2.24, 2.45) is 0 Å². The lowest BCUT2D eigenvalue weighted by molar-refractivity contribution is 0.584. The summed E-state index contributed by atoms with van der Waals surface area (Å²) in [5, 5.41) is 1.95. The van der Waals surface area contributed by atoms with Crippen molar-refractivity contribution >= 4 is 22.9 Å². The average Bonchev–Trinajstić information content (AvgIpc) is 2.61. The van der Waals surface area contributed by atoms with Crippen LogP contribution in [0.1, 0.15) is 31.5 Å². The molecule has 0 unspecified atom stereocenters. The van der Waals surface area contributed by atoms with Crippen molar-refractivity contribution in [2.45, 2.75) is 33.1 Å². The molecule has 2 aromatic rings. The first-order chi connectivity index (χ1) is 7.88. The van der Waals surface area contributed by atoms with Gasteiger partial charge in [-0.1, -0.05) is 44.5 Å². The van der Waals surface area contributed by atoms with Crippen LogP contribution in [-0.4, -0.2) is 4.98 Å². The zero-order valence-corrected chi connectivity index (χ0v) is 12.1. The molecular formula is C14H16ClNS. The number of aryl methyl sites for hydroxylation is 1. The molecule has 0 amide bonds. The Kier molecular flexibility index (Phi) is 3.28. The Hall–Kier alpha value is -0.860. The van der Waals surface area contributed by atoms with Crippen molar-refractivity contribution in [1.82, 2.24) is 4.98 Å². The van der Waals surface area contributed by atoms with Crippen molar-refractivity contribution < 1.29 is 0 Å². The molecule has 0 radical (unpaired) electrons. The van der Waals surface area contributed by atoms with Gasteiger partial charge < -0.3 is 0 Å². The fourth-order valence-electron chi connectivity index (χ4n) is 1.59. The lowest BCUT2D eigenvalue weighted by Gasteiger charge is -2.13. The zero-order chi connectivity index (χ0) is 12.6. The van der Waals surface area contributed by atoms with Crippen molar-refractivity contribution in [3.8, 4) is 10.4 Å². The summed E-state index contributed by atoms with van der Waals surface area (Å²) in [5.74, 6) is 0. The summed E-state index contributed by atoms with van der Waals surface area (Å²) in [5.41, 5.74) is 2.40. The Bertz CT molecular complexity index is 520. The molecule has 0 bridgehead atoms. The molecule has 1 aromatic heterocycles. The third-order valence-corrected chi connectivity index (χ3v) is 4.43. The van der Waals surface area contributed by atoms with Gasteiger partial charge in [0, 0.05) is 10.4 Å². The molecule has 0 N–H and O–H groups in total. The topological polar surface area (TPSA) is 12.9 Å². The highest BCUT2D eigenvalue weighted by atomic mass is 35.5. The highest BCUT2D eigenvalue weighted by Crippen LogP contribution is 2.35. The van der Waals surface area contributed by atoms with E-state index in [0.717, 1.165) is 10.7 Å². The van der Waals surface area contributed by atoms with Gasteiger partial charge in [0.2, 0.25) is 0 Å². The van der Waals surface area contributed by atoms with Gasteiger partial charge >= 0.3 is 0 Å². The molecule has 0 aliphatic heterocycles. The Labute approximate surface area is 111 Å². The molecule has 0 aliphatic carbocycles. The molecule has 2 rings (SSSR count). The third-order valence-electron chi connectivity index (χ3n) is 2.54. The molecule has 1 aromatic carbocycles. The van der Waals surface area contributed by atoms with Gasteiger partial charge in [-0.15, -0.1) is 11.3 Å². The zero-order valence-electron chi connectivity index (χ0n) is 10.5. The van der Waals surface area contributed by atoms with E-state index in [0.29, 0.717) is 0 Å². The fraction of sp³-hybridized carbons (Fsp3) is 0.357. The minimum absolute atomic E-state index is 0.111. The van der Waals surface area contributed by atoms with Gasteiger partial charge in [0.25, 0.3) is 0 Å². The molecule has 3 heteroatoms. The first-order valence-corrected chi connectivity index (χ1v) is 6.81. The standard InChI is InChI=1S/C14H16ClNS/c1-9-12(10-5-7-11(15)8-6-10)17-13(16-9)14(2,3)4/h5-8H,1-4H3. The Morgan fingerprint density at radius 1 is 1.12 bits per heavy atom. The molecule has 1 heterocycles. The van der Waals surface area contributed by atoms with Crippen LogP contribution in [0.2, 0.25) is 5.02 Å². The number of hydrogen-bond donors (Lipinski definition) is 0. The second-order valence-corrected chi connectivity index (χ2v) is 6.63. The maximum Gasteiger partial charge on any atom is 0.0988 e. The van der Waals surface area contributed by atoms with E-state index in [2.05, 4.69) is 44.8 Å². The minimum Gasteiger partial charge on any atom is -0.245 e. The first-order valence-electron chi connectivity index (χ1n) is 5.62. The predicted molar refractivity (Wildman–Crippen MR) is 76.0 cm³/mol. The summed E-state index contributed by atoms with van der Waals surface area (Å²) < 4.78 is 0. The summed E-state index contributed by atoms with van der Waals surface area (Å²) in [6.07, 6.45) is 0. The molecule has 0 atom stereocenters. The van der Waals surface area contributed by atoms with Gasteiger partial charge in [-0.2, -0.15) is 0 Å². The lowest BCUT2D eigenvalue weighted by Crippen LogP contribution is -2.10. The van der Waals surface area contributed by atoms with E-state index in [1.165, 1.54) is 15.4 Å². The molecule has 0 saturated heterocycles. The van der Waals surface area contributed by atoms with E-state index in [4.69, 9.17) is 11.6 Å². The molecule has 90 valence electrons. The Balaban J connectivity index is 2.46. The van der Waals surface area contributed by atoms with Crippen LogP contribution in [0, 0.1) is 6.92 Å². The number of rotatable bonds is 1. The van der Waals surface area contributed by atoms with Crippen molar-refractivity contribution in [1.29, 1.82) is 0 Å². The van der Waals surface area contributed by atoms with Gasteiger partial charge in [0.15, 0.2) is 0 Å². The maximum atomic E-state index is 5.90. The normalized spacial score (nSPS) is 11.8. The monoisotopic (exact) mass is 265 g/mol. The number of thiazole rings is 1. The van der Waals surface area contributed by atoms with Gasteiger partial charge in [0.1, 0.15) is 0 Å². The number of hydrogen-bond acceptors (Lipinski definition) is 2. The van der Waals surface area contributed by atoms with Crippen LogP contribution in [0.25, 0.3) is 10.4 Å². The van der Waals surface area contributed by atoms with Gasteiger partial charge in [-0.3, -0.25) is 0 Å². The second-order valence-electron chi connectivity index (χ2n) is 5.19. The van der Waals surface area contributed by atoms with E-state index in [1.807, 2.05) is 12.1 Å². The van der Waals surface area contributed by atoms with Crippen LogP contribution in [0.4, 0.5) is 0 Å². The van der Waals surface area contributed by atoms with Crippen molar-refractivity contribution in [2.75, 3.05) is 0 Å². The smallest absolute Gasteiger partial charge is 0.0988 e. The van der Waals surface area contributed by atoms with Crippen LogP contribution in [-0.2, 0) is 5.41 Å².